The van der Waals surface area contributed by atoms with Crippen molar-refractivity contribution in [3.8, 4) is 0 Å². The molecule has 18 heavy (non-hydrogen) atoms. The van der Waals surface area contributed by atoms with Gasteiger partial charge in [0.2, 0.25) is 5.91 Å². The van der Waals surface area contributed by atoms with Gasteiger partial charge in [-0.05, 0) is 24.4 Å². The molecule has 2 rings (SSSR count). The van der Waals surface area contributed by atoms with Crippen LogP contribution in [0.3, 0.4) is 0 Å². The number of nitrogens with zero attached hydrogens (tertiary/aromatic N) is 1. The lowest BCUT2D eigenvalue weighted by atomic mass is 10.3. The average Bonchev–Trinajstić information content (AvgIpc) is 2.92. The van der Waals surface area contributed by atoms with Gasteiger partial charge in [0, 0.05) is 30.9 Å². The highest BCUT2D eigenvalue weighted by molar-refractivity contribution is 7.09. The molecule has 1 saturated heterocycles. The van der Waals surface area contributed by atoms with E-state index in [1.165, 1.54) is 4.88 Å². The number of ether oxygens (including phenoxy) is 1. The molecular weight excluding hydrogens is 248 g/mol. The molecule has 0 radical (unpaired) electrons. The summed E-state index contributed by atoms with van der Waals surface area (Å²) in [5, 5.41) is 5.42. The first-order valence-electron chi connectivity index (χ1n) is 6.45. The van der Waals surface area contributed by atoms with Gasteiger partial charge < -0.3 is 15.0 Å². The summed E-state index contributed by atoms with van der Waals surface area (Å²) in [6, 6.07) is 4.22. The standard InChI is InChI=1S/C13H20N2O2S/c16-13(15-7-9-17-10-8-15)4-6-14-5-3-12-2-1-11-18-12/h1-2,11,14H,3-10H2. The molecule has 1 aromatic rings. The zero-order valence-electron chi connectivity index (χ0n) is 10.6. The van der Waals surface area contributed by atoms with Gasteiger partial charge in [-0.1, -0.05) is 6.07 Å². The SMILES string of the molecule is O=C(CCNCCc1cccs1)N1CCOCC1. The fraction of sp³-hybridized carbons (Fsp3) is 0.615. The number of amides is 1. The molecule has 0 spiro atoms. The highest BCUT2D eigenvalue weighted by Crippen LogP contribution is 2.08. The van der Waals surface area contributed by atoms with Crippen LogP contribution in [0.2, 0.25) is 0 Å². The third kappa shape index (κ3) is 4.40. The molecule has 0 bridgehead atoms. The number of hydrogen-bond acceptors (Lipinski definition) is 4. The largest absolute Gasteiger partial charge is 0.378 e. The van der Waals surface area contributed by atoms with Crippen molar-refractivity contribution >= 4 is 17.2 Å². The van der Waals surface area contributed by atoms with Crippen LogP contribution in [0.5, 0.6) is 0 Å². The van der Waals surface area contributed by atoms with Gasteiger partial charge in [-0.15, -0.1) is 11.3 Å². The van der Waals surface area contributed by atoms with E-state index in [4.69, 9.17) is 4.74 Å². The summed E-state index contributed by atoms with van der Waals surface area (Å²) in [4.78, 5) is 15.1. The lowest BCUT2D eigenvalue weighted by Crippen LogP contribution is -2.41. The molecule has 1 amide bonds. The van der Waals surface area contributed by atoms with Crippen LogP contribution in [0.1, 0.15) is 11.3 Å². The summed E-state index contributed by atoms with van der Waals surface area (Å²) in [5.74, 6) is 0.238. The van der Waals surface area contributed by atoms with E-state index in [0.29, 0.717) is 19.6 Å². The van der Waals surface area contributed by atoms with Gasteiger partial charge in [-0.2, -0.15) is 0 Å². The van der Waals surface area contributed by atoms with Crippen LogP contribution in [0, 0.1) is 0 Å². The first-order valence-corrected chi connectivity index (χ1v) is 7.33. The molecule has 0 atom stereocenters. The van der Waals surface area contributed by atoms with E-state index < -0.39 is 0 Å². The Hall–Kier alpha value is -0.910. The Morgan fingerprint density at radius 3 is 2.94 bits per heavy atom. The average molecular weight is 268 g/mol. The Morgan fingerprint density at radius 1 is 1.39 bits per heavy atom. The van der Waals surface area contributed by atoms with E-state index in [0.717, 1.165) is 32.6 Å². The van der Waals surface area contributed by atoms with Crippen LogP contribution in [0.25, 0.3) is 0 Å². The molecule has 1 aliphatic rings. The number of nitrogens with one attached hydrogen (secondary N) is 1. The van der Waals surface area contributed by atoms with Crippen molar-refractivity contribution in [2.75, 3.05) is 39.4 Å². The quantitative estimate of drug-likeness (QED) is 0.786. The maximum Gasteiger partial charge on any atom is 0.224 e. The van der Waals surface area contributed by atoms with E-state index in [-0.39, 0.29) is 5.91 Å². The van der Waals surface area contributed by atoms with Crippen molar-refractivity contribution in [1.82, 2.24) is 10.2 Å². The molecule has 1 aromatic heterocycles. The lowest BCUT2D eigenvalue weighted by molar-refractivity contribution is -0.135. The monoisotopic (exact) mass is 268 g/mol. The van der Waals surface area contributed by atoms with Gasteiger partial charge in [-0.25, -0.2) is 0 Å². The van der Waals surface area contributed by atoms with Crippen molar-refractivity contribution in [2.24, 2.45) is 0 Å². The Kier molecular flexibility index (Phi) is 5.64. The normalized spacial score (nSPS) is 15.9. The van der Waals surface area contributed by atoms with Crippen LogP contribution >= 0.6 is 11.3 Å². The summed E-state index contributed by atoms with van der Waals surface area (Å²) in [7, 11) is 0. The van der Waals surface area contributed by atoms with Gasteiger partial charge in [0.25, 0.3) is 0 Å². The van der Waals surface area contributed by atoms with Gasteiger partial charge in [-0.3, -0.25) is 4.79 Å². The third-order valence-corrected chi connectivity index (χ3v) is 3.94. The predicted molar refractivity (Wildman–Crippen MR) is 72.9 cm³/mol. The Bertz CT molecular complexity index is 348. The van der Waals surface area contributed by atoms with Crippen LogP contribution in [-0.4, -0.2) is 50.2 Å². The second kappa shape index (κ2) is 7.51. The van der Waals surface area contributed by atoms with Crippen LogP contribution < -0.4 is 5.32 Å². The van der Waals surface area contributed by atoms with Crippen LogP contribution in [0.4, 0.5) is 0 Å². The molecule has 0 saturated carbocycles. The van der Waals surface area contributed by atoms with Gasteiger partial charge >= 0.3 is 0 Å². The fourth-order valence-corrected chi connectivity index (χ4v) is 2.67. The minimum atomic E-state index is 0.238. The topological polar surface area (TPSA) is 41.6 Å². The second-order valence-electron chi connectivity index (χ2n) is 4.32. The predicted octanol–water partition coefficient (Wildman–Crippen LogP) is 1.13. The van der Waals surface area contributed by atoms with Crippen molar-refractivity contribution in [1.29, 1.82) is 0 Å². The molecule has 1 fully saturated rings. The van der Waals surface area contributed by atoms with Gasteiger partial charge in [0.05, 0.1) is 13.2 Å². The maximum atomic E-state index is 11.8. The summed E-state index contributed by atoms with van der Waals surface area (Å²) in [6.45, 7) is 4.55. The zero-order chi connectivity index (χ0) is 12.6. The smallest absolute Gasteiger partial charge is 0.224 e. The Balaban J connectivity index is 1.53. The Labute approximate surface area is 112 Å². The molecular formula is C13H20N2O2S. The first-order chi connectivity index (χ1) is 8.86. The highest BCUT2D eigenvalue weighted by atomic mass is 32.1. The van der Waals surface area contributed by atoms with Gasteiger partial charge in [0.15, 0.2) is 0 Å². The Morgan fingerprint density at radius 2 is 2.22 bits per heavy atom. The molecule has 4 nitrogen and oxygen atoms in total. The number of carbonyl (C=O) groups excluding carboxylic acids is 1. The number of hydrogen-bond donors (Lipinski definition) is 1. The molecule has 100 valence electrons. The van der Waals surface area contributed by atoms with Crippen molar-refractivity contribution in [3.05, 3.63) is 22.4 Å². The van der Waals surface area contributed by atoms with Crippen molar-refractivity contribution in [3.63, 3.8) is 0 Å². The van der Waals surface area contributed by atoms with Crippen molar-refractivity contribution in [2.45, 2.75) is 12.8 Å². The molecule has 5 heteroatoms. The summed E-state index contributed by atoms with van der Waals surface area (Å²) < 4.78 is 5.23. The number of morpholine rings is 1. The summed E-state index contributed by atoms with van der Waals surface area (Å²) in [5.41, 5.74) is 0. The minimum absolute atomic E-state index is 0.238. The van der Waals surface area contributed by atoms with Crippen LogP contribution in [-0.2, 0) is 16.0 Å². The lowest BCUT2D eigenvalue weighted by Gasteiger charge is -2.26. The molecule has 0 aromatic carbocycles. The molecule has 2 heterocycles. The fourth-order valence-electron chi connectivity index (χ4n) is 1.96. The minimum Gasteiger partial charge on any atom is -0.378 e. The first kappa shape index (κ1) is 13.5. The van der Waals surface area contributed by atoms with E-state index in [2.05, 4.69) is 22.8 Å². The van der Waals surface area contributed by atoms with E-state index in [1.807, 2.05) is 4.90 Å². The molecule has 0 unspecified atom stereocenters. The third-order valence-electron chi connectivity index (χ3n) is 3.01. The highest BCUT2D eigenvalue weighted by Gasteiger charge is 2.15. The maximum absolute atomic E-state index is 11.8. The van der Waals surface area contributed by atoms with E-state index in [1.54, 1.807) is 11.3 Å². The van der Waals surface area contributed by atoms with E-state index in [9.17, 15) is 4.79 Å². The van der Waals surface area contributed by atoms with Crippen LogP contribution in [0.15, 0.2) is 17.5 Å². The second-order valence-corrected chi connectivity index (χ2v) is 5.35. The number of carbonyl (C=O) groups is 1. The van der Waals surface area contributed by atoms with Gasteiger partial charge in [0.1, 0.15) is 0 Å². The summed E-state index contributed by atoms with van der Waals surface area (Å²) in [6.07, 6.45) is 1.63. The zero-order valence-corrected chi connectivity index (χ0v) is 11.4. The summed E-state index contributed by atoms with van der Waals surface area (Å²) >= 11 is 1.78. The number of thiophene rings is 1. The molecule has 1 N–H and O–H groups in total. The molecule has 1 aliphatic heterocycles. The van der Waals surface area contributed by atoms with Crippen molar-refractivity contribution < 1.29 is 9.53 Å². The number of rotatable bonds is 6. The molecule has 0 aliphatic carbocycles. The van der Waals surface area contributed by atoms with E-state index >= 15 is 0 Å².